The predicted molar refractivity (Wildman–Crippen MR) is 102 cm³/mol. The lowest BCUT2D eigenvalue weighted by atomic mass is 10.0. The first-order valence-corrected chi connectivity index (χ1v) is 9.28. The van der Waals surface area contributed by atoms with Crippen molar-refractivity contribution in [2.75, 3.05) is 6.54 Å². The number of carbonyl (C=O) groups is 1. The third kappa shape index (κ3) is 4.83. The summed E-state index contributed by atoms with van der Waals surface area (Å²) in [4.78, 5) is 12.4. The van der Waals surface area contributed by atoms with Crippen LogP contribution in [0.3, 0.4) is 0 Å². The standard InChI is InChI=1S/C21H24ClNO2/c1-15(20-8-4-5-13-23-20)25-18-11-9-16(10-12-18)21(24)14-17-6-2-3-7-19(17)22/h2-3,6-7,9-12,15,20,23H,4-5,8,13-14H2,1H3. The minimum absolute atomic E-state index is 0.0571. The highest BCUT2D eigenvalue weighted by atomic mass is 35.5. The number of hydrogen-bond acceptors (Lipinski definition) is 3. The van der Waals surface area contributed by atoms with Gasteiger partial charge in [-0.25, -0.2) is 0 Å². The summed E-state index contributed by atoms with van der Waals surface area (Å²) in [6, 6.07) is 15.3. The topological polar surface area (TPSA) is 38.3 Å². The molecule has 1 heterocycles. The molecule has 0 amide bonds. The Balaban J connectivity index is 1.59. The molecule has 4 heteroatoms. The van der Waals surface area contributed by atoms with Crippen LogP contribution in [-0.2, 0) is 6.42 Å². The largest absolute Gasteiger partial charge is 0.489 e. The van der Waals surface area contributed by atoms with Crippen molar-refractivity contribution in [2.24, 2.45) is 0 Å². The molecule has 2 atom stereocenters. The van der Waals surface area contributed by atoms with Gasteiger partial charge in [-0.15, -0.1) is 0 Å². The van der Waals surface area contributed by atoms with Crippen LogP contribution in [0.1, 0.15) is 42.1 Å². The van der Waals surface area contributed by atoms with Crippen LogP contribution in [0.2, 0.25) is 5.02 Å². The van der Waals surface area contributed by atoms with E-state index in [1.165, 1.54) is 12.8 Å². The first-order valence-electron chi connectivity index (χ1n) is 8.90. The van der Waals surface area contributed by atoms with Crippen LogP contribution >= 0.6 is 11.6 Å². The molecule has 0 aliphatic carbocycles. The zero-order valence-corrected chi connectivity index (χ0v) is 15.3. The molecule has 0 spiro atoms. The van der Waals surface area contributed by atoms with Gasteiger partial charge in [0.1, 0.15) is 11.9 Å². The van der Waals surface area contributed by atoms with Gasteiger partial charge in [0.15, 0.2) is 5.78 Å². The summed E-state index contributed by atoms with van der Waals surface area (Å²) in [7, 11) is 0. The van der Waals surface area contributed by atoms with Gasteiger partial charge < -0.3 is 10.1 Å². The van der Waals surface area contributed by atoms with Gasteiger partial charge in [-0.3, -0.25) is 4.79 Å². The van der Waals surface area contributed by atoms with Crippen molar-refractivity contribution in [3.8, 4) is 5.75 Å². The summed E-state index contributed by atoms with van der Waals surface area (Å²) in [5.74, 6) is 0.857. The molecule has 3 nitrogen and oxygen atoms in total. The van der Waals surface area contributed by atoms with Crippen LogP contribution in [0.25, 0.3) is 0 Å². The zero-order chi connectivity index (χ0) is 17.6. The number of Topliss-reactive ketones (excluding diaryl/α,β-unsaturated/α-hetero) is 1. The smallest absolute Gasteiger partial charge is 0.167 e. The van der Waals surface area contributed by atoms with E-state index in [1.54, 1.807) is 0 Å². The molecule has 1 aliphatic heterocycles. The Morgan fingerprint density at radius 1 is 1.20 bits per heavy atom. The number of benzene rings is 2. The minimum atomic E-state index is 0.0571. The maximum Gasteiger partial charge on any atom is 0.167 e. The third-order valence-corrected chi connectivity index (χ3v) is 5.09. The average molecular weight is 358 g/mol. The SMILES string of the molecule is CC(Oc1ccc(C(=O)Cc2ccccc2Cl)cc1)C1CCCCN1. The molecule has 2 unspecified atom stereocenters. The van der Waals surface area contributed by atoms with Crippen LogP contribution in [0.15, 0.2) is 48.5 Å². The Labute approximate surface area is 154 Å². The van der Waals surface area contributed by atoms with Gasteiger partial charge >= 0.3 is 0 Å². The molecule has 1 saturated heterocycles. The van der Waals surface area contributed by atoms with E-state index in [0.717, 1.165) is 24.3 Å². The number of halogens is 1. The Morgan fingerprint density at radius 3 is 2.64 bits per heavy atom. The van der Waals surface area contributed by atoms with E-state index in [-0.39, 0.29) is 11.9 Å². The van der Waals surface area contributed by atoms with E-state index in [0.29, 0.717) is 23.0 Å². The van der Waals surface area contributed by atoms with Crippen molar-refractivity contribution < 1.29 is 9.53 Å². The van der Waals surface area contributed by atoms with Crippen molar-refractivity contribution in [2.45, 2.75) is 44.8 Å². The quantitative estimate of drug-likeness (QED) is 0.763. The lowest BCUT2D eigenvalue weighted by Gasteiger charge is -2.29. The summed E-state index contributed by atoms with van der Waals surface area (Å²) in [6.45, 7) is 3.16. The first-order chi connectivity index (χ1) is 12.1. The van der Waals surface area contributed by atoms with Crippen molar-refractivity contribution >= 4 is 17.4 Å². The molecule has 3 rings (SSSR count). The Morgan fingerprint density at radius 2 is 1.96 bits per heavy atom. The zero-order valence-electron chi connectivity index (χ0n) is 14.5. The minimum Gasteiger partial charge on any atom is -0.489 e. The summed E-state index contributed by atoms with van der Waals surface area (Å²) < 4.78 is 6.03. The molecule has 0 saturated carbocycles. The van der Waals surface area contributed by atoms with E-state index in [4.69, 9.17) is 16.3 Å². The fraction of sp³-hybridized carbons (Fsp3) is 0.381. The van der Waals surface area contributed by atoms with Gasteiger partial charge in [-0.05, 0) is 62.2 Å². The molecule has 0 radical (unpaired) electrons. The summed E-state index contributed by atoms with van der Waals surface area (Å²) >= 11 is 6.13. The molecular weight excluding hydrogens is 334 g/mol. The molecular formula is C21H24ClNO2. The van der Waals surface area contributed by atoms with E-state index in [1.807, 2.05) is 48.5 Å². The Kier molecular flexibility index (Phi) is 6.11. The van der Waals surface area contributed by atoms with Gasteiger partial charge in [0.25, 0.3) is 0 Å². The van der Waals surface area contributed by atoms with Crippen molar-refractivity contribution in [3.05, 3.63) is 64.7 Å². The van der Waals surface area contributed by atoms with Gasteiger partial charge in [0.05, 0.1) is 0 Å². The second-order valence-electron chi connectivity index (χ2n) is 6.60. The Bertz CT molecular complexity index is 708. The monoisotopic (exact) mass is 357 g/mol. The molecule has 132 valence electrons. The number of nitrogens with one attached hydrogen (secondary N) is 1. The number of ketones is 1. The van der Waals surface area contributed by atoms with E-state index < -0.39 is 0 Å². The van der Waals surface area contributed by atoms with Crippen molar-refractivity contribution in [1.82, 2.24) is 5.32 Å². The number of ether oxygens (including phenoxy) is 1. The van der Waals surface area contributed by atoms with Crippen LogP contribution < -0.4 is 10.1 Å². The molecule has 1 aliphatic rings. The molecule has 2 aromatic rings. The fourth-order valence-electron chi connectivity index (χ4n) is 3.21. The summed E-state index contributed by atoms with van der Waals surface area (Å²) in [5.41, 5.74) is 1.53. The maximum absolute atomic E-state index is 12.4. The van der Waals surface area contributed by atoms with Crippen molar-refractivity contribution in [1.29, 1.82) is 0 Å². The third-order valence-electron chi connectivity index (χ3n) is 4.72. The first kappa shape index (κ1) is 18.0. The van der Waals surface area contributed by atoms with Crippen LogP contribution in [0.5, 0.6) is 5.75 Å². The molecule has 1 N–H and O–H groups in total. The van der Waals surface area contributed by atoms with Gasteiger partial charge in [0, 0.05) is 23.0 Å². The molecule has 1 fully saturated rings. The summed E-state index contributed by atoms with van der Waals surface area (Å²) in [6.07, 6.45) is 4.06. The number of hydrogen-bond donors (Lipinski definition) is 1. The second kappa shape index (κ2) is 8.50. The van der Waals surface area contributed by atoms with E-state index in [2.05, 4.69) is 12.2 Å². The molecule has 0 aromatic heterocycles. The number of rotatable bonds is 6. The highest BCUT2D eigenvalue weighted by Crippen LogP contribution is 2.21. The van der Waals surface area contributed by atoms with Crippen molar-refractivity contribution in [3.63, 3.8) is 0 Å². The van der Waals surface area contributed by atoms with Gasteiger partial charge in [0.2, 0.25) is 0 Å². The van der Waals surface area contributed by atoms with E-state index in [9.17, 15) is 4.79 Å². The fourth-order valence-corrected chi connectivity index (χ4v) is 3.41. The molecule has 0 bridgehead atoms. The number of carbonyl (C=O) groups excluding carboxylic acids is 1. The molecule has 2 aromatic carbocycles. The average Bonchev–Trinajstić information content (AvgIpc) is 2.65. The van der Waals surface area contributed by atoms with E-state index >= 15 is 0 Å². The van der Waals surface area contributed by atoms with Gasteiger partial charge in [-0.1, -0.05) is 36.2 Å². The Hall–Kier alpha value is -1.84. The summed E-state index contributed by atoms with van der Waals surface area (Å²) in [5, 5.41) is 4.14. The molecule has 25 heavy (non-hydrogen) atoms. The van der Waals surface area contributed by atoms with Crippen LogP contribution in [0.4, 0.5) is 0 Å². The highest BCUT2D eigenvalue weighted by molar-refractivity contribution is 6.31. The lowest BCUT2D eigenvalue weighted by Crippen LogP contribution is -2.44. The predicted octanol–water partition coefficient (Wildman–Crippen LogP) is 4.67. The normalized spacial score (nSPS) is 18.6. The second-order valence-corrected chi connectivity index (χ2v) is 7.00. The van der Waals surface area contributed by atoms with Crippen LogP contribution in [0, 0.1) is 0 Å². The maximum atomic E-state index is 12.4. The van der Waals surface area contributed by atoms with Gasteiger partial charge in [-0.2, -0.15) is 0 Å². The number of piperidine rings is 1. The lowest BCUT2D eigenvalue weighted by molar-refractivity contribution is 0.0993. The highest BCUT2D eigenvalue weighted by Gasteiger charge is 2.20. The van der Waals surface area contributed by atoms with Crippen LogP contribution in [-0.4, -0.2) is 24.5 Å².